The molecule has 2 rings (SSSR count). The Morgan fingerprint density at radius 2 is 1.81 bits per heavy atom. The number of benzene rings is 2. The Balaban J connectivity index is 2.01. The van der Waals surface area contributed by atoms with E-state index >= 15 is 0 Å². The summed E-state index contributed by atoms with van der Waals surface area (Å²) in [7, 11) is 3.11. The molecule has 0 aromatic heterocycles. The first-order valence-corrected chi connectivity index (χ1v) is 8.70. The lowest BCUT2D eigenvalue weighted by atomic mass is 10.2. The lowest BCUT2D eigenvalue weighted by Gasteiger charge is -2.12. The summed E-state index contributed by atoms with van der Waals surface area (Å²) in [5, 5.41) is 2.89. The summed E-state index contributed by atoms with van der Waals surface area (Å²) in [5.74, 6) is 1.47. The molecule has 3 N–H and O–H groups in total. The van der Waals surface area contributed by atoms with E-state index in [2.05, 4.69) is 31.0 Å². The fourth-order valence-corrected chi connectivity index (χ4v) is 2.70. The first-order chi connectivity index (χ1) is 12.9. The van der Waals surface area contributed by atoms with Crippen LogP contribution in [-0.4, -0.2) is 26.8 Å². The van der Waals surface area contributed by atoms with E-state index in [0.717, 1.165) is 10.0 Å². The monoisotopic (exact) mass is 443 g/mol. The van der Waals surface area contributed by atoms with Gasteiger partial charge in [0.15, 0.2) is 17.5 Å². The molecule has 146 valence electrons. The summed E-state index contributed by atoms with van der Waals surface area (Å²) >= 11 is 3.30. The van der Waals surface area contributed by atoms with Gasteiger partial charge in [0.05, 0.1) is 20.8 Å². The molecule has 0 bridgehead atoms. The normalized spacial score (nSPS) is 11.4. The molecule has 0 aliphatic rings. The summed E-state index contributed by atoms with van der Waals surface area (Å²) < 4.78 is 40.7. The van der Waals surface area contributed by atoms with Crippen LogP contribution in [0.3, 0.4) is 0 Å². The molecule has 0 saturated heterocycles. The van der Waals surface area contributed by atoms with Gasteiger partial charge in [-0.1, -0.05) is 22.0 Å². The summed E-state index contributed by atoms with van der Waals surface area (Å²) in [6, 6.07) is 10.2. The van der Waals surface area contributed by atoms with Crippen molar-refractivity contribution in [3.05, 3.63) is 52.0 Å². The van der Waals surface area contributed by atoms with Gasteiger partial charge in [0, 0.05) is 16.6 Å². The molecular weight excluding hydrogens is 424 g/mol. The van der Waals surface area contributed by atoms with E-state index < -0.39 is 6.61 Å². The van der Waals surface area contributed by atoms with Crippen LogP contribution in [0.15, 0.2) is 45.9 Å². The highest BCUT2D eigenvalue weighted by atomic mass is 79.9. The maximum atomic E-state index is 12.5. The molecule has 0 atom stereocenters. The first-order valence-electron chi connectivity index (χ1n) is 7.91. The number of halogens is 3. The number of nitrogens with two attached hydrogens (primary N) is 1. The molecule has 2 aromatic rings. The van der Waals surface area contributed by atoms with Crippen molar-refractivity contribution in [1.82, 2.24) is 5.32 Å². The van der Waals surface area contributed by atoms with Crippen LogP contribution < -0.4 is 25.3 Å². The minimum absolute atomic E-state index is 0.0772. The third-order valence-corrected chi connectivity index (χ3v) is 4.07. The van der Waals surface area contributed by atoms with Crippen molar-refractivity contribution in [3.8, 4) is 17.2 Å². The number of alkyl halides is 2. The number of nitrogens with one attached hydrogen (secondary N) is 1. The Morgan fingerprint density at radius 3 is 2.48 bits per heavy atom. The van der Waals surface area contributed by atoms with E-state index in [-0.39, 0.29) is 18.3 Å². The highest BCUT2D eigenvalue weighted by Gasteiger charge is 2.10. The Hall–Kier alpha value is -2.55. The van der Waals surface area contributed by atoms with Gasteiger partial charge in [-0.2, -0.15) is 8.78 Å². The SMILES string of the molecule is COc1ccc(CN=C(N)NCc2cc(Br)ccc2OC(F)F)cc1OC. The van der Waals surface area contributed by atoms with Crippen molar-refractivity contribution in [2.75, 3.05) is 14.2 Å². The third-order valence-electron chi connectivity index (χ3n) is 3.58. The van der Waals surface area contributed by atoms with Crippen LogP contribution in [-0.2, 0) is 13.1 Å². The fourth-order valence-electron chi connectivity index (χ4n) is 2.29. The van der Waals surface area contributed by atoms with Gasteiger partial charge in [0.25, 0.3) is 0 Å². The van der Waals surface area contributed by atoms with Crippen molar-refractivity contribution in [2.45, 2.75) is 19.7 Å². The quantitative estimate of drug-likeness (QED) is 0.480. The third kappa shape index (κ3) is 6.28. The van der Waals surface area contributed by atoms with Crippen molar-refractivity contribution >= 4 is 21.9 Å². The Bertz CT molecular complexity index is 803. The van der Waals surface area contributed by atoms with Crippen molar-refractivity contribution in [2.24, 2.45) is 10.7 Å². The Kier molecular flexibility index (Phi) is 7.66. The zero-order valence-electron chi connectivity index (χ0n) is 14.8. The van der Waals surface area contributed by atoms with Crippen molar-refractivity contribution in [1.29, 1.82) is 0 Å². The predicted octanol–water partition coefficient (Wildman–Crippen LogP) is 3.67. The Labute approximate surface area is 164 Å². The average Bonchev–Trinajstić information content (AvgIpc) is 2.65. The summed E-state index contributed by atoms with van der Waals surface area (Å²) in [6.07, 6.45) is 0. The molecular formula is C18H20BrF2N3O3. The molecule has 0 radical (unpaired) electrons. The molecule has 6 nitrogen and oxygen atoms in total. The lowest BCUT2D eigenvalue weighted by Crippen LogP contribution is -2.31. The minimum Gasteiger partial charge on any atom is -0.493 e. The van der Waals surface area contributed by atoms with Gasteiger partial charge < -0.3 is 25.3 Å². The number of guanidine groups is 1. The number of rotatable bonds is 8. The van der Waals surface area contributed by atoms with Gasteiger partial charge in [-0.3, -0.25) is 0 Å². The van der Waals surface area contributed by atoms with E-state index in [1.54, 1.807) is 38.5 Å². The van der Waals surface area contributed by atoms with Crippen LogP contribution in [0.4, 0.5) is 8.78 Å². The topological polar surface area (TPSA) is 78.1 Å². The molecule has 2 aromatic carbocycles. The van der Waals surface area contributed by atoms with Gasteiger partial charge in [-0.25, -0.2) is 4.99 Å². The number of hydrogen-bond acceptors (Lipinski definition) is 4. The standard InChI is InChI=1S/C18H20BrF2N3O3/c1-25-15-5-3-11(7-16(15)26-2)9-23-18(22)24-10-12-8-13(19)4-6-14(12)27-17(20)21/h3-8,17H,9-10H2,1-2H3,(H3,22,23,24). The zero-order chi connectivity index (χ0) is 19.8. The van der Waals surface area contributed by atoms with Crippen LogP contribution in [0.1, 0.15) is 11.1 Å². The molecule has 9 heteroatoms. The van der Waals surface area contributed by atoms with Crippen LogP contribution in [0, 0.1) is 0 Å². The van der Waals surface area contributed by atoms with Gasteiger partial charge in [-0.05, 0) is 35.9 Å². The molecule has 0 heterocycles. The molecule has 0 aliphatic carbocycles. The van der Waals surface area contributed by atoms with Gasteiger partial charge in [-0.15, -0.1) is 0 Å². The average molecular weight is 444 g/mol. The second-order valence-corrected chi connectivity index (χ2v) is 6.29. The highest BCUT2D eigenvalue weighted by Crippen LogP contribution is 2.28. The lowest BCUT2D eigenvalue weighted by molar-refractivity contribution is -0.0504. The fraction of sp³-hybridized carbons (Fsp3) is 0.278. The molecule has 0 fully saturated rings. The number of methoxy groups -OCH3 is 2. The summed E-state index contributed by atoms with van der Waals surface area (Å²) in [4.78, 5) is 4.24. The maximum absolute atomic E-state index is 12.5. The number of nitrogens with zero attached hydrogens (tertiary/aromatic N) is 1. The van der Waals surface area contributed by atoms with E-state index in [4.69, 9.17) is 15.2 Å². The molecule has 0 saturated carbocycles. The molecule has 0 amide bonds. The predicted molar refractivity (Wildman–Crippen MR) is 102 cm³/mol. The van der Waals surface area contributed by atoms with Crippen LogP contribution in [0.2, 0.25) is 0 Å². The van der Waals surface area contributed by atoms with Gasteiger partial charge in [0.2, 0.25) is 0 Å². The van der Waals surface area contributed by atoms with Crippen LogP contribution >= 0.6 is 15.9 Å². The number of hydrogen-bond donors (Lipinski definition) is 2. The largest absolute Gasteiger partial charge is 0.493 e. The zero-order valence-corrected chi connectivity index (χ0v) is 16.4. The van der Waals surface area contributed by atoms with E-state index in [1.165, 1.54) is 6.07 Å². The van der Waals surface area contributed by atoms with Crippen LogP contribution in [0.5, 0.6) is 17.2 Å². The molecule has 0 spiro atoms. The summed E-state index contributed by atoms with van der Waals surface area (Å²) in [5.41, 5.74) is 7.27. The van der Waals surface area contributed by atoms with Crippen molar-refractivity contribution in [3.63, 3.8) is 0 Å². The molecule has 27 heavy (non-hydrogen) atoms. The van der Waals surface area contributed by atoms with E-state index in [9.17, 15) is 8.78 Å². The molecule has 0 aliphatic heterocycles. The number of aliphatic imine (C=N–C) groups is 1. The van der Waals surface area contributed by atoms with Crippen molar-refractivity contribution < 1.29 is 23.0 Å². The smallest absolute Gasteiger partial charge is 0.387 e. The second-order valence-electron chi connectivity index (χ2n) is 5.37. The maximum Gasteiger partial charge on any atom is 0.387 e. The van der Waals surface area contributed by atoms with E-state index in [0.29, 0.717) is 23.6 Å². The molecule has 0 unspecified atom stereocenters. The second kappa shape index (κ2) is 9.96. The van der Waals surface area contributed by atoms with Gasteiger partial charge >= 0.3 is 6.61 Å². The summed E-state index contributed by atoms with van der Waals surface area (Å²) in [6.45, 7) is -2.40. The first kappa shape index (κ1) is 20.8. The number of ether oxygens (including phenoxy) is 3. The highest BCUT2D eigenvalue weighted by molar-refractivity contribution is 9.10. The minimum atomic E-state index is -2.90. The van der Waals surface area contributed by atoms with Gasteiger partial charge in [0.1, 0.15) is 5.75 Å². The van der Waals surface area contributed by atoms with Crippen LogP contribution in [0.25, 0.3) is 0 Å². The van der Waals surface area contributed by atoms with E-state index in [1.807, 2.05) is 6.07 Å². The Morgan fingerprint density at radius 1 is 1.11 bits per heavy atom.